The van der Waals surface area contributed by atoms with Crippen LogP contribution < -0.4 is 9.64 Å². The molecule has 0 saturated carbocycles. The summed E-state index contributed by atoms with van der Waals surface area (Å²) in [5.41, 5.74) is 1.01. The van der Waals surface area contributed by atoms with Crippen molar-refractivity contribution >= 4 is 17.4 Å². The summed E-state index contributed by atoms with van der Waals surface area (Å²) in [6, 6.07) is 5.88. The Kier molecular flexibility index (Phi) is 4.39. The third-order valence-corrected chi connectivity index (χ3v) is 4.20. The molecule has 1 aliphatic rings. The molecular weight excluding hydrogens is 312 g/mol. The molecule has 1 saturated heterocycles. The summed E-state index contributed by atoms with van der Waals surface area (Å²) >= 11 is 6.09. The molecule has 0 amide bonds. The zero-order valence-corrected chi connectivity index (χ0v) is 14.4. The van der Waals surface area contributed by atoms with E-state index in [4.69, 9.17) is 16.3 Å². The van der Waals surface area contributed by atoms with Crippen LogP contribution in [0, 0.1) is 0 Å². The van der Waals surface area contributed by atoms with Crippen LogP contribution in [0.5, 0.6) is 5.75 Å². The van der Waals surface area contributed by atoms with Crippen LogP contribution in [0.15, 0.2) is 30.6 Å². The maximum absolute atomic E-state index is 6.09. The number of aromatic nitrogens is 3. The van der Waals surface area contributed by atoms with E-state index in [0.717, 1.165) is 31.0 Å². The molecule has 1 aliphatic heterocycles. The molecule has 0 spiro atoms. The Balaban J connectivity index is 1.65. The molecule has 0 aliphatic carbocycles. The van der Waals surface area contributed by atoms with Crippen molar-refractivity contribution in [2.45, 2.75) is 38.7 Å². The van der Waals surface area contributed by atoms with E-state index in [9.17, 15) is 0 Å². The first-order valence-electron chi connectivity index (χ1n) is 7.79. The van der Waals surface area contributed by atoms with Crippen molar-refractivity contribution in [2.24, 2.45) is 0 Å². The van der Waals surface area contributed by atoms with Gasteiger partial charge in [-0.3, -0.25) is 4.98 Å². The smallest absolute Gasteiger partial charge is 0.151 e. The molecule has 6 heteroatoms. The van der Waals surface area contributed by atoms with Crippen molar-refractivity contribution in [3.8, 4) is 5.75 Å². The maximum atomic E-state index is 6.09. The zero-order valence-electron chi connectivity index (χ0n) is 13.7. The molecule has 0 N–H and O–H groups in total. The molecular formula is C17H21ClN4O. The average Bonchev–Trinajstić information content (AvgIpc) is 2.97. The highest BCUT2D eigenvalue weighted by atomic mass is 35.5. The molecule has 122 valence electrons. The van der Waals surface area contributed by atoms with E-state index in [1.807, 2.05) is 6.07 Å². The van der Waals surface area contributed by atoms with Gasteiger partial charge in [0.1, 0.15) is 16.9 Å². The van der Waals surface area contributed by atoms with Gasteiger partial charge in [0.2, 0.25) is 0 Å². The van der Waals surface area contributed by atoms with Crippen LogP contribution in [0.2, 0.25) is 5.02 Å². The molecule has 1 unspecified atom stereocenters. The molecule has 1 atom stereocenters. The van der Waals surface area contributed by atoms with E-state index in [2.05, 4.69) is 46.9 Å². The number of halogens is 1. The van der Waals surface area contributed by atoms with Gasteiger partial charge in [-0.25, -0.2) is 0 Å². The average molecular weight is 333 g/mol. The summed E-state index contributed by atoms with van der Waals surface area (Å²) in [5, 5.41) is 9.27. The van der Waals surface area contributed by atoms with E-state index in [0.29, 0.717) is 10.8 Å². The third-order valence-electron chi connectivity index (χ3n) is 3.92. The van der Waals surface area contributed by atoms with E-state index in [-0.39, 0.29) is 11.5 Å². The first-order valence-corrected chi connectivity index (χ1v) is 8.16. The van der Waals surface area contributed by atoms with E-state index < -0.39 is 0 Å². The summed E-state index contributed by atoms with van der Waals surface area (Å²) in [6.07, 6.45) is 4.31. The first-order chi connectivity index (χ1) is 10.9. The van der Waals surface area contributed by atoms with Gasteiger partial charge in [0.15, 0.2) is 5.82 Å². The number of pyridine rings is 1. The molecule has 1 fully saturated rings. The van der Waals surface area contributed by atoms with Crippen molar-refractivity contribution in [2.75, 3.05) is 18.0 Å². The maximum Gasteiger partial charge on any atom is 0.151 e. The van der Waals surface area contributed by atoms with Crippen LogP contribution in [-0.4, -0.2) is 34.4 Å². The largest absolute Gasteiger partial charge is 0.487 e. The van der Waals surface area contributed by atoms with Crippen LogP contribution in [0.3, 0.4) is 0 Å². The van der Waals surface area contributed by atoms with Crippen molar-refractivity contribution < 1.29 is 4.74 Å². The first kappa shape index (κ1) is 16.0. The van der Waals surface area contributed by atoms with Gasteiger partial charge < -0.3 is 9.64 Å². The summed E-state index contributed by atoms with van der Waals surface area (Å²) in [5.74, 6) is 1.58. The van der Waals surface area contributed by atoms with Gasteiger partial charge in [0.05, 0.1) is 12.2 Å². The monoisotopic (exact) mass is 332 g/mol. The lowest BCUT2D eigenvalue weighted by atomic mass is 9.92. The fourth-order valence-electron chi connectivity index (χ4n) is 2.56. The van der Waals surface area contributed by atoms with Gasteiger partial charge in [0, 0.05) is 36.8 Å². The van der Waals surface area contributed by atoms with Crippen molar-refractivity contribution in [1.82, 2.24) is 15.2 Å². The Hall–Kier alpha value is -1.88. The Bertz CT molecular complexity index is 669. The Morgan fingerprint density at radius 2 is 2.04 bits per heavy atom. The summed E-state index contributed by atoms with van der Waals surface area (Å²) in [7, 11) is 0. The van der Waals surface area contributed by atoms with Crippen molar-refractivity contribution in [3.05, 3.63) is 41.3 Å². The van der Waals surface area contributed by atoms with E-state index in [1.54, 1.807) is 18.5 Å². The summed E-state index contributed by atoms with van der Waals surface area (Å²) in [4.78, 5) is 6.16. The fraction of sp³-hybridized carbons (Fsp3) is 0.471. The topological polar surface area (TPSA) is 51.1 Å². The van der Waals surface area contributed by atoms with Crippen LogP contribution in [-0.2, 0) is 5.41 Å². The van der Waals surface area contributed by atoms with E-state index >= 15 is 0 Å². The number of hydrogen-bond donors (Lipinski definition) is 0. The molecule has 3 heterocycles. The zero-order chi connectivity index (χ0) is 16.4. The SMILES string of the molecule is CC(C)(C)c1ccc(N2CCC(Oc3ccncc3Cl)C2)nn1. The molecule has 2 aromatic rings. The molecule has 2 aromatic heterocycles. The number of nitrogens with zero attached hydrogens (tertiary/aromatic N) is 4. The number of ether oxygens (including phenoxy) is 1. The molecule has 0 bridgehead atoms. The van der Waals surface area contributed by atoms with Gasteiger partial charge in [-0.2, -0.15) is 5.10 Å². The third kappa shape index (κ3) is 3.72. The van der Waals surface area contributed by atoms with Crippen LogP contribution in [0.1, 0.15) is 32.9 Å². The highest BCUT2D eigenvalue weighted by molar-refractivity contribution is 6.31. The Morgan fingerprint density at radius 3 is 2.70 bits per heavy atom. The second-order valence-corrected chi connectivity index (χ2v) is 7.21. The fourth-order valence-corrected chi connectivity index (χ4v) is 2.73. The Morgan fingerprint density at radius 1 is 1.22 bits per heavy atom. The number of rotatable bonds is 3. The van der Waals surface area contributed by atoms with Gasteiger partial charge >= 0.3 is 0 Å². The highest BCUT2D eigenvalue weighted by Gasteiger charge is 2.26. The second kappa shape index (κ2) is 6.32. The van der Waals surface area contributed by atoms with Gasteiger partial charge in [0.25, 0.3) is 0 Å². The summed E-state index contributed by atoms with van der Waals surface area (Å²) < 4.78 is 5.97. The molecule has 23 heavy (non-hydrogen) atoms. The quantitative estimate of drug-likeness (QED) is 0.861. The molecule has 0 radical (unpaired) electrons. The standard InChI is InChI=1S/C17H21ClN4O/c1-17(2,3)15-4-5-16(21-20-15)22-9-7-12(11-22)23-14-6-8-19-10-13(14)18/h4-6,8,10,12H,7,9,11H2,1-3H3. The predicted octanol–water partition coefficient (Wildman–Crippen LogP) is 3.48. The van der Waals surface area contributed by atoms with Crippen LogP contribution >= 0.6 is 11.6 Å². The molecule has 5 nitrogen and oxygen atoms in total. The van der Waals surface area contributed by atoms with Crippen molar-refractivity contribution in [1.29, 1.82) is 0 Å². The van der Waals surface area contributed by atoms with Gasteiger partial charge in [-0.1, -0.05) is 32.4 Å². The van der Waals surface area contributed by atoms with Gasteiger partial charge in [-0.05, 0) is 12.1 Å². The minimum absolute atomic E-state index is 0.0142. The normalized spacial score (nSPS) is 18.3. The molecule has 3 rings (SSSR count). The Labute approximate surface area is 141 Å². The van der Waals surface area contributed by atoms with Gasteiger partial charge in [-0.15, -0.1) is 5.10 Å². The lowest BCUT2D eigenvalue weighted by Crippen LogP contribution is -2.26. The van der Waals surface area contributed by atoms with Crippen LogP contribution in [0.4, 0.5) is 5.82 Å². The number of hydrogen-bond acceptors (Lipinski definition) is 5. The predicted molar refractivity (Wildman–Crippen MR) is 91.2 cm³/mol. The lowest BCUT2D eigenvalue weighted by Gasteiger charge is -2.20. The van der Waals surface area contributed by atoms with Crippen molar-refractivity contribution in [3.63, 3.8) is 0 Å². The second-order valence-electron chi connectivity index (χ2n) is 6.81. The number of anilines is 1. The van der Waals surface area contributed by atoms with E-state index in [1.165, 1.54) is 0 Å². The minimum atomic E-state index is 0.0142. The lowest BCUT2D eigenvalue weighted by molar-refractivity contribution is 0.225. The minimum Gasteiger partial charge on any atom is -0.487 e. The van der Waals surface area contributed by atoms with Crippen LogP contribution in [0.25, 0.3) is 0 Å². The molecule has 0 aromatic carbocycles. The summed E-state index contributed by atoms with van der Waals surface area (Å²) in [6.45, 7) is 8.08. The highest BCUT2D eigenvalue weighted by Crippen LogP contribution is 2.27.